The van der Waals surface area contributed by atoms with Crippen LogP contribution in [0.5, 0.6) is 0 Å². The minimum absolute atomic E-state index is 0.165. The lowest BCUT2D eigenvalue weighted by Crippen LogP contribution is -2.30. The van der Waals surface area contributed by atoms with Gasteiger partial charge in [0.05, 0.1) is 7.11 Å². The third kappa shape index (κ3) is 4.19. The molecule has 0 aliphatic heterocycles. The van der Waals surface area contributed by atoms with Gasteiger partial charge in [-0.3, -0.25) is 9.59 Å². The number of thioether (sulfide) groups is 1. The summed E-state index contributed by atoms with van der Waals surface area (Å²) in [6, 6.07) is 14.8. The van der Waals surface area contributed by atoms with Crippen LogP contribution in [0.4, 0.5) is 0 Å². The molecule has 0 aliphatic rings. The van der Waals surface area contributed by atoms with Crippen LogP contribution in [0.2, 0.25) is 0 Å². The molecule has 0 spiro atoms. The smallest absolute Gasteiger partial charge is 0.325 e. The summed E-state index contributed by atoms with van der Waals surface area (Å²) in [5.74, 6) is -0.292. The van der Waals surface area contributed by atoms with Crippen molar-refractivity contribution < 1.29 is 18.7 Å². The Morgan fingerprint density at radius 3 is 2.72 bits per heavy atom. The number of carbonyl (C=O) groups is 2. The molecule has 0 aliphatic carbocycles. The summed E-state index contributed by atoms with van der Waals surface area (Å²) in [6.45, 7) is -0.165. The molecule has 0 bridgehead atoms. The Balaban J connectivity index is 1.70. The molecule has 3 aromatic rings. The lowest BCUT2D eigenvalue weighted by atomic mass is 10.1. The number of esters is 1. The van der Waals surface area contributed by atoms with Crippen LogP contribution in [-0.2, 0) is 15.3 Å². The van der Waals surface area contributed by atoms with E-state index in [0.717, 1.165) is 16.7 Å². The van der Waals surface area contributed by atoms with Gasteiger partial charge < -0.3 is 14.5 Å². The quantitative estimate of drug-likeness (QED) is 0.540. The maximum Gasteiger partial charge on any atom is 0.325 e. The Bertz CT molecular complexity index is 874. The first-order chi connectivity index (χ1) is 12.2. The molecule has 7 heteroatoms. The number of rotatable bonds is 6. The second-order valence-corrected chi connectivity index (χ2v) is 6.08. The summed E-state index contributed by atoms with van der Waals surface area (Å²) in [4.78, 5) is 27.8. The highest BCUT2D eigenvalue weighted by molar-refractivity contribution is 7.98. The van der Waals surface area contributed by atoms with Gasteiger partial charge in [0, 0.05) is 11.3 Å². The summed E-state index contributed by atoms with van der Waals surface area (Å²) in [5.41, 5.74) is 2.87. The van der Waals surface area contributed by atoms with Crippen molar-refractivity contribution in [2.45, 2.75) is 11.0 Å². The van der Waals surface area contributed by atoms with E-state index >= 15 is 0 Å². The van der Waals surface area contributed by atoms with Crippen molar-refractivity contribution in [2.24, 2.45) is 0 Å². The molecule has 0 atom stereocenters. The number of fused-ring (bicyclic) bond motifs is 1. The SMILES string of the molecule is COC(=O)CNC(=O)c1ccccc1CSc1nc2ccccc2o1. The number of nitrogens with one attached hydrogen (secondary N) is 1. The second-order valence-electron chi connectivity index (χ2n) is 5.15. The molecule has 0 saturated carbocycles. The highest BCUT2D eigenvalue weighted by atomic mass is 32.2. The first-order valence-electron chi connectivity index (χ1n) is 7.58. The molecule has 0 fully saturated rings. The van der Waals surface area contributed by atoms with Crippen molar-refractivity contribution in [2.75, 3.05) is 13.7 Å². The zero-order valence-electron chi connectivity index (χ0n) is 13.5. The molecule has 0 unspecified atom stereocenters. The Hall–Kier alpha value is -2.80. The molecule has 1 N–H and O–H groups in total. The van der Waals surface area contributed by atoms with E-state index in [9.17, 15) is 9.59 Å². The minimum atomic E-state index is -0.494. The number of methoxy groups -OCH3 is 1. The van der Waals surface area contributed by atoms with Gasteiger partial charge in [-0.05, 0) is 23.8 Å². The maximum atomic E-state index is 12.3. The fourth-order valence-corrected chi connectivity index (χ4v) is 3.08. The number of oxazole rings is 1. The van der Waals surface area contributed by atoms with Crippen LogP contribution in [0, 0.1) is 0 Å². The van der Waals surface area contributed by atoms with Gasteiger partial charge >= 0.3 is 5.97 Å². The molecule has 0 saturated heterocycles. The van der Waals surface area contributed by atoms with Gasteiger partial charge in [0.1, 0.15) is 12.1 Å². The Morgan fingerprint density at radius 1 is 1.16 bits per heavy atom. The van der Waals surface area contributed by atoms with Gasteiger partial charge in [0.25, 0.3) is 11.1 Å². The third-order valence-electron chi connectivity index (χ3n) is 3.51. The van der Waals surface area contributed by atoms with Crippen LogP contribution in [0.1, 0.15) is 15.9 Å². The third-order valence-corrected chi connectivity index (χ3v) is 4.39. The zero-order valence-corrected chi connectivity index (χ0v) is 14.3. The van der Waals surface area contributed by atoms with Gasteiger partial charge in [0.2, 0.25) is 0 Å². The van der Waals surface area contributed by atoms with Crippen molar-refractivity contribution in [1.29, 1.82) is 0 Å². The average molecular weight is 356 g/mol. The van der Waals surface area contributed by atoms with Crippen molar-refractivity contribution in [1.82, 2.24) is 10.3 Å². The first kappa shape index (κ1) is 17.0. The van der Waals surface area contributed by atoms with Crippen molar-refractivity contribution in [3.63, 3.8) is 0 Å². The van der Waals surface area contributed by atoms with Crippen LogP contribution >= 0.6 is 11.8 Å². The Kier molecular flexibility index (Phi) is 5.35. The fourth-order valence-electron chi connectivity index (χ4n) is 2.24. The van der Waals surface area contributed by atoms with E-state index in [1.54, 1.807) is 12.1 Å². The number of hydrogen-bond donors (Lipinski definition) is 1. The molecule has 3 rings (SSSR count). The molecular weight excluding hydrogens is 340 g/mol. The minimum Gasteiger partial charge on any atom is -0.468 e. The summed E-state index contributed by atoms with van der Waals surface area (Å²) >= 11 is 1.41. The highest BCUT2D eigenvalue weighted by Crippen LogP contribution is 2.27. The Morgan fingerprint density at radius 2 is 1.92 bits per heavy atom. The van der Waals surface area contributed by atoms with E-state index in [1.807, 2.05) is 36.4 Å². The second kappa shape index (κ2) is 7.85. The topological polar surface area (TPSA) is 81.4 Å². The molecule has 1 aromatic heterocycles. The van der Waals surface area contributed by atoms with Gasteiger partial charge in [-0.25, -0.2) is 4.98 Å². The van der Waals surface area contributed by atoms with E-state index in [1.165, 1.54) is 18.9 Å². The molecule has 6 nitrogen and oxygen atoms in total. The van der Waals surface area contributed by atoms with Gasteiger partial charge in [-0.2, -0.15) is 0 Å². The van der Waals surface area contributed by atoms with Crippen LogP contribution < -0.4 is 5.32 Å². The highest BCUT2D eigenvalue weighted by Gasteiger charge is 2.14. The molecule has 1 amide bonds. The number of aromatic nitrogens is 1. The summed E-state index contributed by atoms with van der Waals surface area (Å²) in [5, 5.41) is 3.10. The maximum absolute atomic E-state index is 12.3. The zero-order chi connectivity index (χ0) is 17.6. The summed E-state index contributed by atoms with van der Waals surface area (Å²) in [7, 11) is 1.28. The number of amides is 1. The number of nitrogens with zero attached hydrogens (tertiary/aromatic N) is 1. The van der Waals surface area contributed by atoms with Crippen molar-refractivity contribution in [3.05, 3.63) is 59.7 Å². The largest absolute Gasteiger partial charge is 0.468 e. The number of benzene rings is 2. The average Bonchev–Trinajstić information content (AvgIpc) is 3.07. The number of hydrogen-bond acceptors (Lipinski definition) is 6. The van der Waals surface area contributed by atoms with E-state index < -0.39 is 5.97 Å². The number of ether oxygens (including phenoxy) is 1. The van der Waals surface area contributed by atoms with Crippen molar-refractivity contribution >= 4 is 34.7 Å². The molecule has 1 heterocycles. The summed E-state index contributed by atoms with van der Waals surface area (Å²) in [6.07, 6.45) is 0. The Labute approximate surface area is 148 Å². The van der Waals surface area contributed by atoms with Gasteiger partial charge in [0.15, 0.2) is 5.58 Å². The predicted octanol–water partition coefficient (Wildman–Crippen LogP) is 3.02. The first-order valence-corrected chi connectivity index (χ1v) is 8.57. The number of carbonyl (C=O) groups excluding carboxylic acids is 2. The van der Waals surface area contributed by atoms with E-state index in [-0.39, 0.29) is 12.5 Å². The molecule has 128 valence electrons. The molecule has 25 heavy (non-hydrogen) atoms. The van der Waals surface area contributed by atoms with E-state index in [0.29, 0.717) is 16.5 Å². The van der Waals surface area contributed by atoms with Crippen LogP contribution in [0.3, 0.4) is 0 Å². The molecule has 0 radical (unpaired) electrons. The molecule has 2 aromatic carbocycles. The van der Waals surface area contributed by atoms with E-state index in [4.69, 9.17) is 4.42 Å². The van der Waals surface area contributed by atoms with Gasteiger partial charge in [-0.15, -0.1) is 0 Å². The van der Waals surface area contributed by atoms with Crippen LogP contribution in [0.25, 0.3) is 11.1 Å². The van der Waals surface area contributed by atoms with Crippen LogP contribution in [-0.4, -0.2) is 30.5 Å². The normalized spacial score (nSPS) is 10.6. The van der Waals surface area contributed by atoms with Crippen molar-refractivity contribution in [3.8, 4) is 0 Å². The fraction of sp³-hybridized carbons (Fsp3) is 0.167. The molecular formula is C18H16N2O4S. The van der Waals surface area contributed by atoms with Gasteiger partial charge in [-0.1, -0.05) is 42.1 Å². The van der Waals surface area contributed by atoms with E-state index in [2.05, 4.69) is 15.0 Å². The standard InChI is InChI=1S/C18H16N2O4S/c1-23-16(21)10-19-17(22)13-7-3-2-6-12(13)11-25-18-20-14-8-4-5-9-15(14)24-18/h2-9H,10-11H2,1H3,(H,19,22). The monoisotopic (exact) mass is 356 g/mol. The summed E-state index contributed by atoms with van der Waals surface area (Å²) < 4.78 is 10.2. The lowest BCUT2D eigenvalue weighted by molar-refractivity contribution is -0.139. The lowest BCUT2D eigenvalue weighted by Gasteiger charge is -2.08. The number of para-hydroxylation sites is 2. The van der Waals surface area contributed by atoms with Crippen LogP contribution in [0.15, 0.2) is 58.2 Å². The predicted molar refractivity (Wildman–Crippen MR) is 94.4 cm³/mol.